The van der Waals surface area contributed by atoms with Gasteiger partial charge in [0, 0.05) is 13.2 Å². The topological polar surface area (TPSA) is 75.7 Å². The first kappa shape index (κ1) is 20.9. The van der Waals surface area contributed by atoms with Crippen LogP contribution in [-0.2, 0) is 19.6 Å². The van der Waals surface area contributed by atoms with Crippen molar-refractivity contribution in [3.05, 3.63) is 60.7 Å². The van der Waals surface area contributed by atoms with Gasteiger partial charge in [-0.2, -0.15) is 0 Å². The zero-order valence-corrected chi connectivity index (χ0v) is 16.5. The number of para-hydroxylation sites is 1. The van der Waals surface area contributed by atoms with Gasteiger partial charge in [0.1, 0.15) is 6.54 Å². The lowest BCUT2D eigenvalue weighted by Crippen LogP contribution is -2.41. The molecule has 0 aromatic heterocycles. The molecule has 1 N–H and O–H groups in total. The fourth-order valence-corrected chi connectivity index (χ4v) is 3.88. The third kappa shape index (κ3) is 6.37. The van der Waals surface area contributed by atoms with Gasteiger partial charge in [-0.1, -0.05) is 36.4 Å². The van der Waals surface area contributed by atoms with E-state index in [9.17, 15) is 13.2 Å². The second-order valence-corrected chi connectivity index (χ2v) is 8.15. The van der Waals surface area contributed by atoms with Crippen LogP contribution < -0.4 is 9.62 Å². The lowest BCUT2D eigenvalue weighted by atomic mass is 10.3. The Labute approximate surface area is 161 Å². The summed E-state index contributed by atoms with van der Waals surface area (Å²) < 4.78 is 32.6. The van der Waals surface area contributed by atoms with E-state index in [0.29, 0.717) is 25.3 Å². The first-order chi connectivity index (χ1) is 12.9. The molecular weight excluding hydrogens is 364 g/mol. The summed E-state index contributed by atoms with van der Waals surface area (Å²) in [5, 5.41) is 2.76. The van der Waals surface area contributed by atoms with Crippen molar-refractivity contribution in [2.75, 3.05) is 24.0 Å². The highest BCUT2D eigenvalue weighted by Crippen LogP contribution is 2.22. The van der Waals surface area contributed by atoms with Gasteiger partial charge < -0.3 is 10.1 Å². The van der Waals surface area contributed by atoms with Gasteiger partial charge in [-0.15, -0.1) is 0 Å². The molecule has 7 heteroatoms. The van der Waals surface area contributed by atoms with Gasteiger partial charge in [-0.05, 0) is 44.5 Å². The predicted octanol–water partition coefficient (Wildman–Crippen LogP) is 2.81. The molecule has 0 bridgehead atoms. The first-order valence-corrected chi connectivity index (χ1v) is 10.4. The molecule has 0 saturated carbocycles. The number of carbonyl (C=O) groups excluding carboxylic acids is 1. The van der Waals surface area contributed by atoms with Crippen LogP contribution in [0.15, 0.2) is 65.6 Å². The van der Waals surface area contributed by atoms with Gasteiger partial charge >= 0.3 is 0 Å². The van der Waals surface area contributed by atoms with Crippen LogP contribution in [0.3, 0.4) is 0 Å². The van der Waals surface area contributed by atoms with Crippen molar-refractivity contribution >= 4 is 21.6 Å². The molecule has 0 unspecified atom stereocenters. The molecule has 0 saturated heterocycles. The quantitative estimate of drug-likeness (QED) is 0.633. The molecule has 1 amide bonds. The van der Waals surface area contributed by atoms with Gasteiger partial charge in [0.2, 0.25) is 5.91 Å². The molecular formula is C20H26N2O4S. The molecule has 2 aromatic rings. The third-order valence-electron chi connectivity index (χ3n) is 3.76. The van der Waals surface area contributed by atoms with E-state index in [-0.39, 0.29) is 23.5 Å². The number of amides is 1. The molecule has 27 heavy (non-hydrogen) atoms. The Morgan fingerprint density at radius 3 is 2.22 bits per heavy atom. The largest absolute Gasteiger partial charge is 0.379 e. The zero-order chi connectivity index (χ0) is 19.7. The first-order valence-electron chi connectivity index (χ1n) is 8.92. The van der Waals surface area contributed by atoms with Crippen molar-refractivity contribution in [2.45, 2.75) is 31.3 Å². The maximum absolute atomic E-state index is 13.0. The average molecular weight is 391 g/mol. The summed E-state index contributed by atoms with van der Waals surface area (Å²) in [7, 11) is -3.85. The number of hydrogen-bond acceptors (Lipinski definition) is 4. The van der Waals surface area contributed by atoms with Crippen molar-refractivity contribution < 1.29 is 17.9 Å². The summed E-state index contributed by atoms with van der Waals surface area (Å²) in [6.45, 7) is 4.59. The van der Waals surface area contributed by atoms with Crippen molar-refractivity contribution in [3.63, 3.8) is 0 Å². The maximum atomic E-state index is 13.0. The summed E-state index contributed by atoms with van der Waals surface area (Å²) in [6.07, 6.45) is 0.811. The van der Waals surface area contributed by atoms with E-state index in [1.54, 1.807) is 48.5 Å². The van der Waals surface area contributed by atoms with E-state index in [1.165, 1.54) is 12.1 Å². The molecule has 0 radical (unpaired) electrons. The van der Waals surface area contributed by atoms with Crippen molar-refractivity contribution in [1.82, 2.24) is 5.32 Å². The summed E-state index contributed by atoms with van der Waals surface area (Å²) in [4.78, 5) is 12.5. The lowest BCUT2D eigenvalue weighted by Gasteiger charge is -2.24. The van der Waals surface area contributed by atoms with Crippen LogP contribution in [0, 0.1) is 0 Å². The number of rotatable bonds is 10. The van der Waals surface area contributed by atoms with E-state index >= 15 is 0 Å². The Morgan fingerprint density at radius 1 is 1.04 bits per heavy atom. The van der Waals surface area contributed by atoms with Crippen molar-refractivity contribution in [1.29, 1.82) is 0 Å². The number of nitrogens with zero attached hydrogens (tertiary/aromatic N) is 1. The van der Waals surface area contributed by atoms with E-state index in [2.05, 4.69) is 5.32 Å². The van der Waals surface area contributed by atoms with E-state index in [4.69, 9.17) is 4.74 Å². The maximum Gasteiger partial charge on any atom is 0.264 e. The summed E-state index contributed by atoms with van der Waals surface area (Å²) in [6, 6.07) is 16.7. The Balaban J connectivity index is 2.09. The minimum Gasteiger partial charge on any atom is -0.379 e. The van der Waals surface area contributed by atoms with Gasteiger partial charge in [-0.3, -0.25) is 9.10 Å². The van der Waals surface area contributed by atoms with Crippen LogP contribution in [0.5, 0.6) is 0 Å². The van der Waals surface area contributed by atoms with Crippen LogP contribution >= 0.6 is 0 Å². The molecule has 0 aliphatic rings. The molecule has 0 atom stereocenters. The zero-order valence-electron chi connectivity index (χ0n) is 15.7. The Hall–Kier alpha value is -2.38. The number of carbonyl (C=O) groups is 1. The molecule has 2 aromatic carbocycles. The molecule has 0 aliphatic carbocycles. The molecule has 6 nitrogen and oxygen atoms in total. The predicted molar refractivity (Wildman–Crippen MR) is 106 cm³/mol. The van der Waals surface area contributed by atoms with Crippen LogP contribution in [0.2, 0.25) is 0 Å². The van der Waals surface area contributed by atoms with Crippen LogP contribution in [0.25, 0.3) is 0 Å². The minimum absolute atomic E-state index is 0.144. The molecule has 0 aliphatic heterocycles. The summed E-state index contributed by atoms with van der Waals surface area (Å²) in [5.74, 6) is -0.358. The second kappa shape index (κ2) is 10.1. The lowest BCUT2D eigenvalue weighted by molar-refractivity contribution is -0.119. The molecule has 0 spiro atoms. The van der Waals surface area contributed by atoms with Gasteiger partial charge in [0.15, 0.2) is 0 Å². The molecule has 146 valence electrons. The molecule has 0 heterocycles. The third-order valence-corrected chi connectivity index (χ3v) is 5.55. The van der Waals surface area contributed by atoms with Gasteiger partial charge in [0.25, 0.3) is 10.0 Å². The second-order valence-electron chi connectivity index (χ2n) is 6.28. The fraction of sp³-hybridized carbons (Fsp3) is 0.350. The standard InChI is InChI=1S/C20H26N2O4S/c1-17(2)26-15-9-14-21-20(23)16-22(18-10-5-3-6-11-18)27(24,25)19-12-7-4-8-13-19/h3-8,10-13,17H,9,14-16H2,1-2H3,(H,21,23). The Kier molecular flexibility index (Phi) is 7.82. The number of hydrogen-bond donors (Lipinski definition) is 1. The highest BCUT2D eigenvalue weighted by atomic mass is 32.2. The van der Waals surface area contributed by atoms with Crippen LogP contribution in [0.4, 0.5) is 5.69 Å². The monoisotopic (exact) mass is 390 g/mol. The average Bonchev–Trinajstić information content (AvgIpc) is 2.67. The highest BCUT2D eigenvalue weighted by molar-refractivity contribution is 7.92. The van der Waals surface area contributed by atoms with E-state index in [1.807, 2.05) is 13.8 Å². The number of benzene rings is 2. The van der Waals surface area contributed by atoms with Crippen molar-refractivity contribution in [2.24, 2.45) is 0 Å². The number of ether oxygens (including phenoxy) is 1. The Bertz CT molecular complexity index is 808. The van der Waals surface area contributed by atoms with E-state index < -0.39 is 10.0 Å². The van der Waals surface area contributed by atoms with E-state index in [0.717, 1.165) is 4.31 Å². The Morgan fingerprint density at radius 2 is 1.63 bits per heavy atom. The van der Waals surface area contributed by atoms with Gasteiger partial charge in [-0.25, -0.2) is 8.42 Å². The number of anilines is 1. The number of sulfonamides is 1. The minimum atomic E-state index is -3.85. The van der Waals surface area contributed by atoms with Crippen LogP contribution in [-0.4, -0.2) is 40.1 Å². The van der Waals surface area contributed by atoms with Crippen molar-refractivity contribution in [3.8, 4) is 0 Å². The highest BCUT2D eigenvalue weighted by Gasteiger charge is 2.26. The molecule has 2 rings (SSSR count). The van der Waals surface area contributed by atoms with Crippen LogP contribution in [0.1, 0.15) is 20.3 Å². The summed E-state index contributed by atoms with van der Waals surface area (Å²) in [5.41, 5.74) is 0.444. The number of nitrogens with one attached hydrogen (secondary N) is 1. The summed E-state index contributed by atoms with van der Waals surface area (Å²) >= 11 is 0. The SMILES string of the molecule is CC(C)OCCCNC(=O)CN(c1ccccc1)S(=O)(=O)c1ccccc1. The normalized spacial score (nSPS) is 11.4. The van der Waals surface area contributed by atoms with Gasteiger partial charge in [0.05, 0.1) is 16.7 Å². The fourth-order valence-electron chi connectivity index (χ4n) is 2.43. The molecule has 0 fully saturated rings. The smallest absolute Gasteiger partial charge is 0.264 e.